The van der Waals surface area contributed by atoms with Gasteiger partial charge in [-0.3, -0.25) is 0 Å². The van der Waals surface area contributed by atoms with E-state index in [1.54, 1.807) is 12.2 Å². The molecule has 0 saturated heterocycles. The summed E-state index contributed by atoms with van der Waals surface area (Å²) in [4.78, 5) is 7.73. The molecule has 5 heteroatoms. The third-order valence-corrected chi connectivity index (χ3v) is 1.47. The lowest BCUT2D eigenvalue weighted by Gasteiger charge is -1.97. The fourth-order valence-corrected chi connectivity index (χ4v) is 0.876. The average molecular weight is 195 g/mol. The molecule has 1 aromatic heterocycles. The number of rotatable bonds is 2. The van der Waals surface area contributed by atoms with Crippen molar-refractivity contribution in [3.63, 3.8) is 0 Å². The minimum Gasteiger partial charge on any atom is -0.382 e. The topological polar surface area (TPSA) is 75.6 Å². The fraction of sp³-hybridized carbons (Fsp3) is 0.125. The molecule has 1 rings (SSSR count). The van der Waals surface area contributed by atoms with Crippen LogP contribution in [0.15, 0.2) is 12.3 Å². The standard InChI is InChI=1S/C8H7ClN4/c9-7-5-12-8(11)6(13-7)3-1-2-4-10/h1,3,5H,2H2,(H2,11,12). The van der Waals surface area contributed by atoms with E-state index in [0.717, 1.165) is 0 Å². The van der Waals surface area contributed by atoms with Crippen molar-refractivity contribution in [3.05, 3.63) is 23.1 Å². The zero-order chi connectivity index (χ0) is 9.68. The van der Waals surface area contributed by atoms with Crippen LogP contribution < -0.4 is 5.73 Å². The van der Waals surface area contributed by atoms with E-state index >= 15 is 0 Å². The van der Waals surface area contributed by atoms with Crippen molar-refractivity contribution in [2.75, 3.05) is 5.73 Å². The van der Waals surface area contributed by atoms with Gasteiger partial charge in [0.2, 0.25) is 0 Å². The van der Waals surface area contributed by atoms with Crippen LogP contribution in [0.1, 0.15) is 12.1 Å². The van der Waals surface area contributed by atoms with Crippen LogP contribution in [0.25, 0.3) is 6.08 Å². The summed E-state index contributed by atoms with van der Waals surface area (Å²) < 4.78 is 0. The molecule has 1 aromatic rings. The van der Waals surface area contributed by atoms with E-state index in [2.05, 4.69) is 9.97 Å². The number of hydrogen-bond donors (Lipinski definition) is 1. The van der Waals surface area contributed by atoms with Crippen LogP contribution in [0, 0.1) is 11.3 Å². The molecule has 0 unspecified atom stereocenters. The molecule has 2 N–H and O–H groups in total. The maximum Gasteiger partial charge on any atom is 0.149 e. The largest absolute Gasteiger partial charge is 0.382 e. The van der Waals surface area contributed by atoms with Crippen molar-refractivity contribution in [2.45, 2.75) is 6.42 Å². The van der Waals surface area contributed by atoms with Crippen molar-refractivity contribution in [1.82, 2.24) is 9.97 Å². The Morgan fingerprint density at radius 2 is 2.46 bits per heavy atom. The van der Waals surface area contributed by atoms with Crippen LogP contribution in [-0.2, 0) is 0 Å². The zero-order valence-electron chi connectivity index (χ0n) is 6.74. The first-order valence-electron chi connectivity index (χ1n) is 3.55. The van der Waals surface area contributed by atoms with Gasteiger partial charge in [-0.25, -0.2) is 9.97 Å². The van der Waals surface area contributed by atoms with Gasteiger partial charge in [0.15, 0.2) is 0 Å². The summed E-state index contributed by atoms with van der Waals surface area (Å²) in [5.41, 5.74) is 5.99. The first kappa shape index (κ1) is 9.49. The Morgan fingerprint density at radius 1 is 1.69 bits per heavy atom. The van der Waals surface area contributed by atoms with Crippen LogP contribution in [0.3, 0.4) is 0 Å². The summed E-state index contributed by atoms with van der Waals surface area (Å²) in [6, 6.07) is 1.96. The molecule has 1 heterocycles. The maximum absolute atomic E-state index is 8.27. The van der Waals surface area contributed by atoms with Gasteiger partial charge in [0.05, 0.1) is 18.7 Å². The second-order valence-electron chi connectivity index (χ2n) is 2.23. The number of nitrogen functional groups attached to an aromatic ring is 1. The van der Waals surface area contributed by atoms with E-state index in [0.29, 0.717) is 17.9 Å². The van der Waals surface area contributed by atoms with E-state index in [4.69, 9.17) is 22.6 Å². The lowest BCUT2D eigenvalue weighted by atomic mass is 10.3. The Kier molecular flexibility index (Phi) is 3.23. The van der Waals surface area contributed by atoms with E-state index in [1.165, 1.54) is 6.20 Å². The molecule has 0 bridgehead atoms. The molecule has 4 nitrogen and oxygen atoms in total. The number of halogens is 1. The Morgan fingerprint density at radius 3 is 3.15 bits per heavy atom. The van der Waals surface area contributed by atoms with Gasteiger partial charge in [0, 0.05) is 0 Å². The molecule has 0 saturated carbocycles. The molecule has 0 amide bonds. The molecule has 0 radical (unpaired) electrons. The summed E-state index contributed by atoms with van der Waals surface area (Å²) in [7, 11) is 0. The number of nitrogens with two attached hydrogens (primary N) is 1. The van der Waals surface area contributed by atoms with Crippen LogP contribution in [0.2, 0.25) is 5.15 Å². The SMILES string of the molecule is N#CCC=Cc1nc(Cl)cnc1N. The zero-order valence-corrected chi connectivity index (χ0v) is 7.49. The van der Waals surface area contributed by atoms with E-state index < -0.39 is 0 Å². The van der Waals surface area contributed by atoms with Gasteiger partial charge >= 0.3 is 0 Å². The normalized spacial score (nSPS) is 10.2. The van der Waals surface area contributed by atoms with Gasteiger partial charge in [-0.15, -0.1) is 0 Å². The molecule has 0 aliphatic rings. The van der Waals surface area contributed by atoms with E-state index in [9.17, 15) is 0 Å². The van der Waals surface area contributed by atoms with Crippen LogP contribution in [0.5, 0.6) is 0 Å². The Balaban J connectivity index is 2.88. The maximum atomic E-state index is 8.27. The van der Waals surface area contributed by atoms with Crippen molar-refractivity contribution < 1.29 is 0 Å². The Hall–Kier alpha value is -1.60. The molecular weight excluding hydrogens is 188 g/mol. The molecule has 0 aromatic carbocycles. The number of nitrogens with zero attached hydrogens (tertiary/aromatic N) is 3. The van der Waals surface area contributed by atoms with Gasteiger partial charge in [-0.2, -0.15) is 5.26 Å². The summed E-state index contributed by atoms with van der Waals surface area (Å²) in [5, 5.41) is 8.56. The average Bonchev–Trinajstić information content (AvgIpc) is 2.11. The fourth-order valence-electron chi connectivity index (χ4n) is 0.736. The van der Waals surface area contributed by atoms with Gasteiger partial charge < -0.3 is 5.73 Å². The molecule has 66 valence electrons. The lowest BCUT2D eigenvalue weighted by Crippen LogP contribution is -1.96. The van der Waals surface area contributed by atoms with E-state index in [1.807, 2.05) is 6.07 Å². The number of aromatic nitrogens is 2. The molecule has 13 heavy (non-hydrogen) atoms. The van der Waals surface area contributed by atoms with Gasteiger partial charge in [-0.05, 0) is 6.08 Å². The third-order valence-electron chi connectivity index (χ3n) is 1.28. The minimum absolute atomic E-state index is 0.283. The molecule has 0 aliphatic carbocycles. The molecule has 0 fully saturated rings. The van der Waals surface area contributed by atoms with Crippen molar-refractivity contribution in [3.8, 4) is 6.07 Å². The quantitative estimate of drug-likeness (QED) is 0.777. The highest BCUT2D eigenvalue weighted by Crippen LogP contribution is 2.11. The van der Waals surface area contributed by atoms with Crippen molar-refractivity contribution >= 4 is 23.5 Å². The minimum atomic E-state index is 0.283. The second kappa shape index (κ2) is 4.43. The predicted molar refractivity (Wildman–Crippen MR) is 50.7 cm³/mol. The van der Waals surface area contributed by atoms with Crippen LogP contribution in [-0.4, -0.2) is 9.97 Å². The summed E-state index contributed by atoms with van der Waals surface area (Å²) in [5.74, 6) is 0.304. The van der Waals surface area contributed by atoms with Crippen molar-refractivity contribution in [2.24, 2.45) is 0 Å². The summed E-state index contributed by atoms with van der Waals surface area (Å²) in [6.45, 7) is 0. The summed E-state index contributed by atoms with van der Waals surface area (Å²) >= 11 is 5.60. The monoisotopic (exact) mass is 194 g/mol. The third kappa shape index (κ3) is 2.73. The number of anilines is 1. The first-order valence-corrected chi connectivity index (χ1v) is 3.93. The number of nitriles is 1. The van der Waals surface area contributed by atoms with E-state index in [-0.39, 0.29) is 5.15 Å². The molecule has 0 atom stereocenters. The molecule has 0 spiro atoms. The number of hydrogen-bond acceptors (Lipinski definition) is 4. The van der Waals surface area contributed by atoms with Gasteiger partial charge in [0.25, 0.3) is 0 Å². The predicted octanol–water partition coefficient (Wildman–Crippen LogP) is 1.64. The highest BCUT2D eigenvalue weighted by atomic mass is 35.5. The highest BCUT2D eigenvalue weighted by Gasteiger charge is 1.98. The highest BCUT2D eigenvalue weighted by molar-refractivity contribution is 6.29. The first-order chi connectivity index (χ1) is 6.24. The van der Waals surface area contributed by atoms with Gasteiger partial charge in [-0.1, -0.05) is 17.7 Å². The van der Waals surface area contributed by atoms with Gasteiger partial charge in [0.1, 0.15) is 16.7 Å². The summed E-state index contributed by atoms with van der Waals surface area (Å²) in [6.07, 6.45) is 4.96. The molecular formula is C8H7ClN4. The smallest absolute Gasteiger partial charge is 0.149 e. The molecule has 0 aliphatic heterocycles. The second-order valence-corrected chi connectivity index (χ2v) is 2.62. The Bertz CT molecular complexity index is 367. The van der Waals surface area contributed by atoms with Crippen LogP contribution in [0.4, 0.5) is 5.82 Å². The van der Waals surface area contributed by atoms with Crippen LogP contribution >= 0.6 is 11.6 Å². The Labute approximate surface area is 80.7 Å². The lowest BCUT2D eigenvalue weighted by molar-refractivity contribution is 1.19. The number of allylic oxidation sites excluding steroid dienone is 1. The van der Waals surface area contributed by atoms with Crippen molar-refractivity contribution in [1.29, 1.82) is 5.26 Å².